The summed E-state index contributed by atoms with van der Waals surface area (Å²) in [4.78, 5) is 8.77. The first-order chi connectivity index (χ1) is 7.74. The Bertz CT molecular complexity index is 525. The van der Waals surface area contributed by atoms with E-state index in [4.69, 9.17) is 0 Å². The van der Waals surface area contributed by atoms with Gasteiger partial charge in [0.2, 0.25) is 5.78 Å². The molecule has 0 unspecified atom stereocenters. The maximum absolute atomic E-state index is 4.42. The van der Waals surface area contributed by atoms with Gasteiger partial charge in [0.05, 0.1) is 11.9 Å². The fourth-order valence-electron chi connectivity index (χ4n) is 2.06. The van der Waals surface area contributed by atoms with Crippen molar-refractivity contribution >= 4 is 5.78 Å². The zero-order chi connectivity index (χ0) is 11.1. The standard InChI is InChI=1S/C12H16N4/c1-8-5-9(2)16-11(6-13-10-3-4-10)7-14-12(16)15-8/h5,7,10,13H,3-4,6H2,1-2H3. The molecule has 1 aliphatic carbocycles. The Labute approximate surface area is 94.7 Å². The van der Waals surface area contributed by atoms with E-state index >= 15 is 0 Å². The molecule has 1 N–H and O–H groups in total. The number of hydrogen-bond acceptors (Lipinski definition) is 3. The van der Waals surface area contributed by atoms with Crippen molar-refractivity contribution in [1.82, 2.24) is 19.7 Å². The van der Waals surface area contributed by atoms with Crippen LogP contribution in [0.15, 0.2) is 12.3 Å². The summed E-state index contributed by atoms with van der Waals surface area (Å²) >= 11 is 0. The molecule has 1 aliphatic rings. The minimum absolute atomic E-state index is 0.726. The molecule has 4 nitrogen and oxygen atoms in total. The number of rotatable bonds is 3. The van der Waals surface area contributed by atoms with Crippen LogP contribution in [0.5, 0.6) is 0 Å². The maximum Gasteiger partial charge on any atom is 0.234 e. The van der Waals surface area contributed by atoms with Gasteiger partial charge in [-0.15, -0.1) is 0 Å². The third-order valence-corrected chi connectivity index (χ3v) is 3.01. The summed E-state index contributed by atoms with van der Waals surface area (Å²) in [5.41, 5.74) is 3.43. The molecule has 2 heterocycles. The van der Waals surface area contributed by atoms with Crippen LogP contribution >= 0.6 is 0 Å². The first kappa shape index (κ1) is 9.78. The quantitative estimate of drug-likeness (QED) is 0.847. The van der Waals surface area contributed by atoms with Crippen molar-refractivity contribution in [3.63, 3.8) is 0 Å². The molecule has 0 radical (unpaired) electrons. The lowest BCUT2D eigenvalue weighted by Crippen LogP contribution is -2.17. The molecule has 84 valence electrons. The van der Waals surface area contributed by atoms with Gasteiger partial charge >= 0.3 is 0 Å². The Morgan fingerprint density at radius 1 is 1.44 bits per heavy atom. The lowest BCUT2D eigenvalue weighted by molar-refractivity contribution is 0.667. The SMILES string of the molecule is Cc1cc(C)n2c(CNC3CC3)cnc2n1. The van der Waals surface area contributed by atoms with Gasteiger partial charge in [0.1, 0.15) is 0 Å². The minimum atomic E-state index is 0.726. The number of nitrogens with zero attached hydrogens (tertiary/aromatic N) is 3. The van der Waals surface area contributed by atoms with E-state index < -0.39 is 0 Å². The van der Waals surface area contributed by atoms with E-state index in [1.54, 1.807) is 0 Å². The normalized spacial score (nSPS) is 15.9. The molecule has 2 aromatic heterocycles. The lowest BCUT2D eigenvalue weighted by Gasteiger charge is -2.06. The van der Waals surface area contributed by atoms with Crippen LogP contribution in [0.3, 0.4) is 0 Å². The second-order valence-electron chi connectivity index (χ2n) is 4.58. The highest BCUT2D eigenvalue weighted by Gasteiger charge is 2.20. The highest BCUT2D eigenvalue weighted by atomic mass is 15.1. The third kappa shape index (κ3) is 1.69. The van der Waals surface area contributed by atoms with Crippen molar-refractivity contribution in [3.05, 3.63) is 29.3 Å². The predicted octanol–water partition coefficient (Wildman–Crippen LogP) is 1.60. The van der Waals surface area contributed by atoms with Crippen molar-refractivity contribution in [2.45, 2.75) is 39.3 Å². The molecule has 0 bridgehead atoms. The average Bonchev–Trinajstić information content (AvgIpc) is 2.96. The zero-order valence-corrected chi connectivity index (χ0v) is 9.70. The van der Waals surface area contributed by atoms with E-state index in [2.05, 4.69) is 32.7 Å². The molecule has 1 fully saturated rings. The molecule has 0 spiro atoms. The van der Waals surface area contributed by atoms with Crippen LogP contribution in [0.25, 0.3) is 5.78 Å². The molecule has 0 aliphatic heterocycles. The van der Waals surface area contributed by atoms with E-state index in [-0.39, 0.29) is 0 Å². The van der Waals surface area contributed by atoms with Crippen LogP contribution in [0.1, 0.15) is 29.9 Å². The van der Waals surface area contributed by atoms with Crippen molar-refractivity contribution in [3.8, 4) is 0 Å². The summed E-state index contributed by atoms with van der Waals surface area (Å²) in [6, 6.07) is 2.82. The monoisotopic (exact) mass is 216 g/mol. The number of aryl methyl sites for hydroxylation is 2. The van der Waals surface area contributed by atoms with Crippen molar-refractivity contribution in [2.24, 2.45) is 0 Å². The van der Waals surface area contributed by atoms with E-state index in [1.807, 2.05) is 13.1 Å². The Morgan fingerprint density at radius 2 is 2.25 bits per heavy atom. The molecule has 16 heavy (non-hydrogen) atoms. The molecule has 0 aromatic carbocycles. The van der Waals surface area contributed by atoms with Gasteiger partial charge in [0.15, 0.2) is 0 Å². The van der Waals surface area contributed by atoms with Crippen molar-refractivity contribution in [1.29, 1.82) is 0 Å². The van der Waals surface area contributed by atoms with Gasteiger partial charge in [0.25, 0.3) is 0 Å². The maximum atomic E-state index is 4.42. The Kier molecular flexibility index (Phi) is 2.17. The number of fused-ring (bicyclic) bond motifs is 1. The van der Waals surface area contributed by atoms with E-state index in [0.717, 1.165) is 24.1 Å². The highest BCUT2D eigenvalue weighted by molar-refractivity contribution is 5.35. The van der Waals surface area contributed by atoms with Gasteiger partial charge in [-0.3, -0.25) is 4.40 Å². The fourth-order valence-corrected chi connectivity index (χ4v) is 2.06. The number of nitrogens with one attached hydrogen (secondary N) is 1. The highest BCUT2D eigenvalue weighted by Crippen LogP contribution is 2.19. The Balaban J connectivity index is 1.97. The second kappa shape index (κ2) is 3.56. The van der Waals surface area contributed by atoms with Crippen LogP contribution in [0.4, 0.5) is 0 Å². The van der Waals surface area contributed by atoms with Gasteiger partial charge in [-0.2, -0.15) is 0 Å². The molecule has 0 atom stereocenters. The summed E-state index contributed by atoms with van der Waals surface area (Å²) in [7, 11) is 0. The van der Waals surface area contributed by atoms with Crippen molar-refractivity contribution in [2.75, 3.05) is 0 Å². The van der Waals surface area contributed by atoms with Gasteiger partial charge in [-0.25, -0.2) is 9.97 Å². The zero-order valence-electron chi connectivity index (χ0n) is 9.70. The van der Waals surface area contributed by atoms with Crippen LogP contribution in [-0.2, 0) is 6.54 Å². The van der Waals surface area contributed by atoms with Crippen LogP contribution < -0.4 is 5.32 Å². The summed E-state index contributed by atoms with van der Waals surface area (Å²) < 4.78 is 2.13. The molecule has 0 saturated heterocycles. The lowest BCUT2D eigenvalue weighted by atomic mass is 10.3. The smallest absolute Gasteiger partial charge is 0.234 e. The van der Waals surface area contributed by atoms with Crippen LogP contribution in [-0.4, -0.2) is 20.4 Å². The summed E-state index contributed by atoms with van der Waals surface area (Å²) in [5, 5.41) is 3.50. The first-order valence-corrected chi connectivity index (χ1v) is 5.78. The minimum Gasteiger partial charge on any atom is -0.308 e. The first-order valence-electron chi connectivity index (χ1n) is 5.78. The molecule has 2 aromatic rings. The predicted molar refractivity (Wildman–Crippen MR) is 62.3 cm³/mol. The second-order valence-corrected chi connectivity index (χ2v) is 4.58. The van der Waals surface area contributed by atoms with Gasteiger partial charge < -0.3 is 5.32 Å². The van der Waals surface area contributed by atoms with E-state index in [0.29, 0.717) is 0 Å². The number of aromatic nitrogens is 3. The van der Waals surface area contributed by atoms with Gasteiger partial charge in [0, 0.05) is 24.0 Å². The molecule has 1 saturated carbocycles. The topological polar surface area (TPSA) is 42.2 Å². The van der Waals surface area contributed by atoms with Crippen molar-refractivity contribution < 1.29 is 0 Å². The Hall–Kier alpha value is -1.42. The van der Waals surface area contributed by atoms with Gasteiger partial charge in [-0.05, 0) is 32.8 Å². The largest absolute Gasteiger partial charge is 0.308 e. The van der Waals surface area contributed by atoms with E-state index in [9.17, 15) is 0 Å². The molecular weight excluding hydrogens is 200 g/mol. The summed E-state index contributed by atoms with van der Waals surface area (Å²) in [6.07, 6.45) is 4.55. The average molecular weight is 216 g/mol. The third-order valence-electron chi connectivity index (χ3n) is 3.01. The number of hydrogen-bond donors (Lipinski definition) is 1. The van der Waals surface area contributed by atoms with Gasteiger partial charge in [-0.1, -0.05) is 0 Å². The van der Waals surface area contributed by atoms with Crippen LogP contribution in [0.2, 0.25) is 0 Å². The molecule has 0 amide bonds. The van der Waals surface area contributed by atoms with E-state index in [1.165, 1.54) is 24.2 Å². The molecule has 3 rings (SSSR count). The summed E-state index contributed by atoms with van der Waals surface area (Å²) in [5.74, 6) is 0.810. The van der Waals surface area contributed by atoms with Crippen LogP contribution in [0, 0.1) is 13.8 Å². The summed E-state index contributed by atoms with van der Waals surface area (Å²) in [6.45, 7) is 4.99. The Morgan fingerprint density at radius 3 is 3.00 bits per heavy atom. The fraction of sp³-hybridized carbons (Fsp3) is 0.500. The molecular formula is C12H16N4. The number of imidazole rings is 1. The molecule has 4 heteroatoms.